The molecule has 0 spiro atoms. The molecule has 2 aromatic carbocycles. The quantitative estimate of drug-likeness (QED) is 0.322. The van der Waals surface area contributed by atoms with Crippen LogP contribution in [0.3, 0.4) is 0 Å². The van der Waals surface area contributed by atoms with E-state index in [0.29, 0.717) is 0 Å². The maximum atomic E-state index is 4.83. The molecule has 0 aliphatic heterocycles. The van der Waals surface area contributed by atoms with Crippen LogP contribution >= 0.6 is 0 Å². The van der Waals surface area contributed by atoms with Crippen LogP contribution in [0.1, 0.15) is 57.6 Å². The Balaban J connectivity index is 2.16. The van der Waals surface area contributed by atoms with E-state index in [1.165, 1.54) is 24.0 Å². The lowest BCUT2D eigenvalue weighted by molar-refractivity contribution is 0.744. The standard InChI is InChI=1S/C25H30N2/c1-4-7-8-11-25(27-24-18-14-22(10-6-3)15-19-24)20-26-23-16-12-21(9-5-2)13-17-23/h5-6,9-10,12-20H,4,7-8,11H2,1-3H3. The zero-order valence-electron chi connectivity index (χ0n) is 16.7. The average Bonchev–Trinajstić information content (AvgIpc) is 2.69. The number of nitrogens with zero attached hydrogens (tertiary/aromatic N) is 2. The van der Waals surface area contributed by atoms with Crippen LogP contribution in [0.5, 0.6) is 0 Å². The van der Waals surface area contributed by atoms with Crippen molar-refractivity contribution < 1.29 is 0 Å². The third-order valence-corrected chi connectivity index (χ3v) is 4.18. The summed E-state index contributed by atoms with van der Waals surface area (Å²) in [6.45, 7) is 6.27. The van der Waals surface area contributed by atoms with Gasteiger partial charge < -0.3 is 0 Å². The molecule has 2 rings (SSSR count). The summed E-state index contributed by atoms with van der Waals surface area (Å²) in [6, 6.07) is 16.6. The first kappa shape index (κ1) is 20.6. The van der Waals surface area contributed by atoms with Crippen LogP contribution in [0.4, 0.5) is 11.4 Å². The molecule has 0 aliphatic rings. The first-order valence-corrected chi connectivity index (χ1v) is 9.82. The predicted molar refractivity (Wildman–Crippen MR) is 122 cm³/mol. The van der Waals surface area contributed by atoms with Crippen molar-refractivity contribution in [1.82, 2.24) is 0 Å². The Hall–Kier alpha value is -2.74. The number of allylic oxidation sites excluding steroid dienone is 2. The van der Waals surface area contributed by atoms with Gasteiger partial charge in [-0.25, -0.2) is 0 Å². The molecule has 0 N–H and O–H groups in total. The molecule has 27 heavy (non-hydrogen) atoms. The number of rotatable bonds is 9. The van der Waals surface area contributed by atoms with Gasteiger partial charge in [-0.15, -0.1) is 0 Å². The second-order valence-electron chi connectivity index (χ2n) is 6.50. The minimum Gasteiger partial charge on any atom is -0.255 e. The van der Waals surface area contributed by atoms with Crippen LogP contribution in [0.25, 0.3) is 12.2 Å². The van der Waals surface area contributed by atoms with Crippen molar-refractivity contribution in [2.75, 3.05) is 0 Å². The fourth-order valence-electron chi connectivity index (χ4n) is 2.74. The zero-order valence-corrected chi connectivity index (χ0v) is 16.7. The van der Waals surface area contributed by atoms with Crippen molar-refractivity contribution in [3.63, 3.8) is 0 Å². The van der Waals surface area contributed by atoms with Gasteiger partial charge in [0.1, 0.15) is 0 Å². The van der Waals surface area contributed by atoms with Gasteiger partial charge in [0.15, 0.2) is 0 Å². The largest absolute Gasteiger partial charge is 0.255 e. The smallest absolute Gasteiger partial charge is 0.0634 e. The van der Waals surface area contributed by atoms with Gasteiger partial charge in [0.05, 0.1) is 17.1 Å². The topological polar surface area (TPSA) is 24.7 Å². The molecule has 0 bridgehead atoms. The molecule has 0 amide bonds. The third kappa shape index (κ3) is 7.57. The van der Waals surface area contributed by atoms with Crippen molar-refractivity contribution >= 4 is 35.5 Å². The van der Waals surface area contributed by atoms with E-state index in [9.17, 15) is 0 Å². The molecule has 2 aromatic rings. The molecule has 2 nitrogen and oxygen atoms in total. The number of hydrogen-bond acceptors (Lipinski definition) is 2. The van der Waals surface area contributed by atoms with Crippen LogP contribution in [-0.2, 0) is 0 Å². The lowest BCUT2D eigenvalue weighted by Crippen LogP contribution is -1.99. The van der Waals surface area contributed by atoms with E-state index in [2.05, 4.69) is 60.5 Å². The number of hydrogen-bond donors (Lipinski definition) is 0. The molecule has 0 heterocycles. The Morgan fingerprint density at radius 1 is 0.778 bits per heavy atom. The minimum atomic E-state index is 0.949. The fourth-order valence-corrected chi connectivity index (χ4v) is 2.74. The van der Waals surface area contributed by atoms with E-state index in [1.807, 2.05) is 44.3 Å². The Morgan fingerprint density at radius 3 is 1.85 bits per heavy atom. The second-order valence-corrected chi connectivity index (χ2v) is 6.50. The van der Waals surface area contributed by atoms with E-state index in [1.54, 1.807) is 0 Å². The van der Waals surface area contributed by atoms with Crippen LogP contribution in [0, 0.1) is 0 Å². The molecule has 0 radical (unpaired) electrons. The first-order valence-electron chi connectivity index (χ1n) is 9.82. The van der Waals surface area contributed by atoms with Gasteiger partial charge in [0, 0.05) is 6.21 Å². The number of unbranched alkanes of at least 4 members (excludes halogenated alkanes) is 2. The fraction of sp³-hybridized carbons (Fsp3) is 0.280. The van der Waals surface area contributed by atoms with E-state index < -0.39 is 0 Å². The van der Waals surface area contributed by atoms with Crippen LogP contribution < -0.4 is 0 Å². The molecule has 0 atom stereocenters. The maximum absolute atomic E-state index is 4.83. The highest BCUT2D eigenvalue weighted by Crippen LogP contribution is 2.17. The van der Waals surface area contributed by atoms with Gasteiger partial charge in [0.2, 0.25) is 0 Å². The predicted octanol–water partition coefficient (Wildman–Crippen LogP) is 7.81. The molecule has 2 heteroatoms. The van der Waals surface area contributed by atoms with E-state index in [4.69, 9.17) is 4.99 Å². The molecular formula is C25H30N2. The first-order chi connectivity index (χ1) is 13.2. The zero-order chi connectivity index (χ0) is 19.3. The van der Waals surface area contributed by atoms with Gasteiger partial charge >= 0.3 is 0 Å². The van der Waals surface area contributed by atoms with Crippen molar-refractivity contribution in [3.05, 3.63) is 71.8 Å². The lowest BCUT2D eigenvalue weighted by Gasteiger charge is -2.03. The van der Waals surface area contributed by atoms with E-state index >= 15 is 0 Å². The molecule has 0 aliphatic carbocycles. The number of aliphatic imine (C=N–C) groups is 2. The maximum Gasteiger partial charge on any atom is 0.0634 e. The number of benzene rings is 2. The van der Waals surface area contributed by atoms with Crippen molar-refractivity contribution in [2.45, 2.75) is 46.5 Å². The molecule has 0 fully saturated rings. The molecule has 0 saturated carbocycles. The average molecular weight is 359 g/mol. The highest BCUT2D eigenvalue weighted by molar-refractivity contribution is 6.31. The van der Waals surface area contributed by atoms with Crippen molar-refractivity contribution in [2.24, 2.45) is 9.98 Å². The van der Waals surface area contributed by atoms with Crippen LogP contribution in [0.15, 0.2) is 70.7 Å². The Morgan fingerprint density at radius 2 is 1.33 bits per heavy atom. The summed E-state index contributed by atoms with van der Waals surface area (Å²) in [7, 11) is 0. The molecule has 140 valence electrons. The summed E-state index contributed by atoms with van der Waals surface area (Å²) in [5, 5.41) is 0. The van der Waals surface area contributed by atoms with Gasteiger partial charge in [-0.1, -0.05) is 68.3 Å². The Bertz CT molecular complexity index is 791. The molecule has 0 unspecified atom stereocenters. The van der Waals surface area contributed by atoms with Gasteiger partial charge in [-0.3, -0.25) is 9.98 Å². The van der Waals surface area contributed by atoms with E-state index in [-0.39, 0.29) is 0 Å². The van der Waals surface area contributed by atoms with Gasteiger partial charge in [0.25, 0.3) is 0 Å². The Labute approximate surface area is 164 Å². The SMILES string of the molecule is CC=Cc1ccc(N=CC(CCCCC)=Nc2ccc(C=CC)cc2)cc1. The molecular weight excluding hydrogens is 328 g/mol. The highest BCUT2D eigenvalue weighted by Gasteiger charge is 1.99. The second kappa shape index (κ2) is 11.8. The monoisotopic (exact) mass is 358 g/mol. The third-order valence-electron chi connectivity index (χ3n) is 4.18. The Kier molecular flexibility index (Phi) is 8.99. The summed E-state index contributed by atoms with van der Waals surface area (Å²) in [5.74, 6) is 0. The normalized spacial score (nSPS) is 12.6. The summed E-state index contributed by atoms with van der Waals surface area (Å²) in [4.78, 5) is 9.46. The molecule has 0 saturated heterocycles. The van der Waals surface area contributed by atoms with Crippen molar-refractivity contribution in [1.29, 1.82) is 0 Å². The van der Waals surface area contributed by atoms with E-state index in [0.717, 1.165) is 29.9 Å². The van der Waals surface area contributed by atoms with Crippen LogP contribution in [0.2, 0.25) is 0 Å². The summed E-state index contributed by atoms with van der Waals surface area (Å²) < 4.78 is 0. The minimum absolute atomic E-state index is 0.949. The summed E-state index contributed by atoms with van der Waals surface area (Å²) in [6.07, 6.45) is 14.7. The summed E-state index contributed by atoms with van der Waals surface area (Å²) in [5.41, 5.74) is 5.34. The van der Waals surface area contributed by atoms with Crippen molar-refractivity contribution in [3.8, 4) is 0 Å². The highest BCUT2D eigenvalue weighted by atomic mass is 14.8. The van der Waals surface area contributed by atoms with Gasteiger partial charge in [-0.05, 0) is 62.1 Å². The van der Waals surface area contributed by atoms with Gasteiger partial charge in [-0.2, -0.15) is 0 Å². The summed E-state index contributed by atoms with van der Waals surface area (Å²) >= 11 is 0. The molecule has 0 aromatic heterocycles. The lowest BCUT2D eigenvalue weighted by atomic mass is 10.1. The van der Waals surface area contributed by atoms with Crippen LogP contribution in [-0.4, -0.2) is 11.9 Å².